The normalized spacial score (nSPS) is 13.0. The first-order valence-electron chi connectivity index (χ1n) is 8.50. The fraction of sp³-hybridized carbons (Fsp3) is 0.158. The van der Waals surface area contributed by atoms with E-state index in [4.69, 9.17) is 0 Å². The highest BCUT2D eigenvalue weighted by Gasteiger charge is 2.17. The highest BCUT2D eigenvalue weighted by Crippen LogP contribution is 2.32. The molecule has 0 bridgehead atoms. The number of nitrogens with zero attached hydrogens (tertiary/aromatic N) is 3. The monoisotopic (exact) mass is 379 g/mol. The number of amides is 2. The van der Waals surface area contributed by atoms with Gasteiger partial charge in [-0.15, -0.1) is 22.0 Å². The van der Waals surface area contributed by atoms with Gasteiger partial charge in [-0.2, -0.15) is 0 Å². The zero-order valence-electron chi connectivity index (χ0n) is 14.6. The van der Waals surface area contributed by atoms with E-state index < -0.39 is 0 Å². The minimum atomic E-state index is -0.239. The molecule has 2 aromatic carbocycles. The molecule has 1 aliphatic heterocycles. The first-order chi connectivity index (χ1) is 13.1. The Bertz CT molecular complexity index is 1030. The van der Waals surface area contributed by atoms with Crippen molar-refractivity contribution >= 4 is 35.0 Å². The van der Waals surface area contributed by atoms with Gasteiger partial charge in [-0.3, -0.25) is 9.59 Å². The lowest BCUT2D eigenvalue weighted by atomic mass is 10.1. The largest absolute Gasteiger partial charge is 0.324 e. The van der Waals surface area contributed by atoms with Crippen molar-refractivity contribution in [3.63, 3.8) is 0 Å². The van der Waals surface area contributed by atoms with Crippen LogP contribution in [-0.4, -0.2) is 32.3 Å². The molecule has 3 aromatic rings. The van der Waals surface area contributed by atoms with Gasteiger partial charge in [0, 0.05) is 28.3 Å². The molecule has 0 fully saturated rings. The van der Waals surface area contributed by atoms with Crippen molar-refractivity contribution in [2.24, 2.45) is 0 Å². The van der Waals surface area contributed by atoms with Crippen LogP contribution in [-0.2, 0) is 11.3 Å². The van der Waals surface area contributed by atoms with Crippen LogP contribution in [0, 0.1) is 0 Å². The maximum Gasteiger partial charge on any atom is 0.255 e. The Morgan fingerprint density at radius 1 is 1.30 bits per heavy atom. The Morgan fingerprint density at radius 2 is 2.19 bits per heavy atom. The van der Waals surface area contributed by atoms with Crippen LogP contribution in [0.4, 0.5) is 11.4 Å². The third kappa shape index (κ3) is 3.56. The Morgan fingerprint density at radius 3 is 3.04 bits per heavy atom. The van der Waals surface area contributed by atoms with Crippen molar-refractivity contribution in [1.29, 1.82) is 0 Å². The van der Waals surface area contributed by atoms with Crippen LogP contribution in [0.1, 0.15) is 17.3 Å². The molecule has 7 nitrogen and oxygen atoms in total. The summed E-state index contributed by atoms with van der Waals surface area (Å²) in [5, 5.41) is 13.8. The molecule has 0 unspecified atom stereocenters. The van der Waals surface area contributed by atoms with Crippen LogP contribution in [0.5, 0.6) is 0 Å². The second-order valence-corrected chi connectivity index (χ2v) is 7.04. The average Bonchev–Trinajstić information content (AvgIpc) is 3.16. The summed E-state index contributed by atoms with van der Waals surface area (Å²) in [5.41, 5.74) is 2.70. The Labute approximate surface area is 160 Å². The molecule has 1 aromatic heterocycles. The molecule has 2 heterocycles. The van der Waals surface area contributed by atoms with E-state index in [1.807, 2.05) is 41.8 Å². The van der Waals surface area contributed by atoms with Gasteiger partial charge in [0.05, 0.1) is 11.4 Å². The van der Waals surface area contributed by atoms with Crippen LogP contribution in [0.3, 0.4) is 0 Å². The van der Waals surface area contributed by atoms with E-state index in [2.05, 4.69) is 20.8 Å². The molecule has 0 spiro atoms. The predicted molar refractivity (Wildman–Crippen MR) is 105 cm³/mol. The van der Waals surface area contributed by atoms with Crippen molar-refractivity contribution in [3.8, 4) is 11.4 Å². The van der Waals surface area contributed by atoms with Gasteiger partial charge in [0.2, 0.25) is 5.91 Å². The first kappa shape index (κ1) is 17.3. The van der Waals surface area contributed by atoms with Crippen molar-refractivity contribution in [3.05, 3.63) is 54.4 Å². The summed E-state index contributed by atoms with van der Waals surface area (Å²) in [7, 11) is 0. The van der Waals surface area contributed by atoms with Gasteiger partial charge in [-0.05, 0) is 37.3 Å². The van der Waals surface area contributed by atoms with Gasteiger partial charge in [-0.1, -0.05) is 12.1 Å². The molecule has 0 saturated carbocycles. The fourth-order valence-corrected chi connectivity index (χ4v) is 3.66. The molecular formula is C19H17N5O2S. The number of nitrogens with one attached hydrogen (secondary N) is 2. The number of rotatable bonds is 4. The maximum atomic E-state index is 12.6. The van der Waals surface area contributed by atoms with Crippen molar-refractivity contribution < 1.29 is 9.59 Å². The fourth-order valence-electron chi connectivity index (χ4n) is 2.87. The second-order valence-electron chi connectivity index (χ2n) is 6.02. The Kier molecular flexibility index (Phi) is 4.64. The number of aromatic nitrogens is 3. The quantitative estimate of drug-likeness (QED) is 0.726. The summed E-state index contributed by atoms with van der Waals surface area (Å²) in [4.78, 5) is 25.2. The van der Waals surface area contributed by atoms with Crippen molar-refractivity contribution in [1.82, 2.24) is 14.8 Å². The summed E-state index contributed by atoms with van der Waals surface area (Å²) < 4.78 is 1.94. The number of carbonyl (C=O) groups is 2. The summed E-state index contributed by atoms with van der Waals surface area (Å²) >= 11 is 1.47. The van der Waals surface area contributed by atoms with Gasteiger partial charge < -0.3 is 15.2 Å². The van der Waals surface area contributed by atoms with Gasteiger partial charge in [0.1, 0.15) is 6.33 Å². The van der Waals surface area contributed by atoms with Gasteiger partial charge in [0.15, 0.2) is 5.82 Å². The molecule has 2 N–H and O–H groups in total. The van der Waals surface area contributed by atoms with Crippen LogP contribution in [0.25, 0.3) is 11.4 Å². The predicted octanol–water partition coefficient (Wildman–Crippen LogP) is 3.26. The number of carbonyl (C=O) groups excluding carboxylic acids is 2. The van der Waals surface area contributed by atoms with Crippen molar-refractivity contribution in [2.75, 3.05) is 16.4 Å². The number of fused-ring (bicyclic) bond motifs is 1. The first-order valence-corrected chi connectivity index (χ1v) is 9.49. The summed E-state index contributed by atoms with van der Waals surface area (Å²) in [6.07, 6.45) is 1.68. The Balaban J connectivity index is 1.56. The third-order valence-corrected chi connectivity index (χ3v) is 5.28. The van der Waals surface area contributed by atoms with E-state index in [-0.39, 0.29) is 11.8 Å². The molecule has 4 rings (SSSR count). The van der Waals surface area contributed by atoms with E-state index in [0.717, 1.165) is 22.8 Å². The second kappa shape index (κ2) is 7.24. The lowest BCUT2D eigenvalue weighted by Crippen LogP contribution is -2.19. The van der Waals surface area contributed by atoms with Crippen LogP contribution in [0.15, 0.2) is 53.7 Å². The van der Waals surface area contributed by atoms with Crippen LogP contribution >= 0.6 is 11.8 Å². The SMILES string of the molecule is CCn1cnnc1-c1cccc(NC(=O)c2ccc3c(c2)NC(=O)CS3)c1. The summed E-state index contributed by atoms with van der Waals surface area (Å²) in [5.74, 6) is 0.852. The highest BCUT2D eigenvalue weighted by molar-refractivity contribution is 8.00. The Hall–Kier alpha value is -3.13. The molecule has 0 radical (unpaired) electrons. The van der Waals surface area contributed by atoms with Gasteiger partial charge >= 0.3 is 0 Å². The van der Waals surface area contributed by atoms with Crippen LogP contribution < -0.4 is 10.6 Å². The topological polar surface area (TPSA) is 88.9 Å². The molecule has 8 heteroatoms. The minimum absolute atomic E-state index is 0.0576. The molecule has 0 saturated heterocycles. The zero-order chi connectivity index (χ0) is 18.8. The molecule has 27 heavy (non-hydrogen) atoms. The molecule has 1 aliphatic rings. The average molecular weight is 379 g/mol. The smallest absolute Gasteiger partial charge is 0.255 e. The third-order valence-electron chi connectivity index (χ3n) is 4.21. The van der Waals surface area contributed by atoms with Crippen LogP contribution in [0.2, 0.25) is 0 Å². The maximum absolute atomic E-state index is 12.6. The summed E-state index contributed by atoms with van der Waals surface area (Å²) in [6.45, 7) is 2.78. The van der Waals surface area contributed by atoms with Crippen molar-refractivity contribution in [2.45, 2.75) is 18.4 Å². The van der Waals surface area contributed by atoms with E-state index >= 15 is 0 Å². The number of hydrogen-bond donors (Lipinski definition) is 2. The molecule has 136 valence electrons. The van der Waals surface area contributed by atoms with E-state index in [1.165, 1.54) is 11.8 Å². The van der Waals surface area contributed by atoms with Gasteiger partial charge in [0.25, 0.3) is 5.91 Å². The molecular weight excluding hydrogens is 362 g/mol. The highest BCUT2D eigenvalue weighted by atomic mass is 32.2. The van der Waals surface area contributed by atoms with E-state index in [9.17, 15) is 9.59 Å². The lowest BCUT2D eigenvalue weighted by molar-refractivity contribution is -0.113. The number of anilines is 2. The molecule has 0 atom stereocenters. The number of hydrogen-bond acceptors (Lipinski definition) is 5. The minimum Gasteiger partial charge on any atom is -0.324 e. The number of thioether (sulfide) groups is 1. The number of benzene rings is 2. The molecule has 2 amide bonds. The lowest BCUT2D eigenvalue weighted by Gasteiger charge is -2.17. The zero-order valence-corrected chi connectivity index (χ0v) is 15.4. The summed E-state index contributed by atoms with van der Waals surface area (Å²) in [6, 6.07) is 12.8. The number of aryl methyl sites for hydroxylation is 1. The molecule has 0 aliphatic carbocycles. The standard InChI is InChI=1S/C19H17N5O2S/c1-2-24-11-20-23-18(24)12-4-3-5-14(8-12)21-19(26)13-6-7-16-15(9-13)22-17(25)10-27-16/h3-9,11H,2,10H2,1H3,(H,21,26)(H,22,25). The van der Waals surface area contributed by atoms with E-state index in [1.54, 1.807) is 18.5 Å². The van der Waals surface area contributed by atoms with E-state index in [0.29, 0.717) is 22.7 Å². The van der Waals surface area contributed by atoms with Gasteiger partial charge in [-0.25, -0.2) is 0 Å².